The molecule has 0 fully saturated rings. The van der Waals surface area contributed by atoms with Crippen molar-refractivity contribution in [3.05, 3.63) is 75.9 Å². The average molecular weight is 703 g/mol. The van der Waals surface area contributed by atoms with Crippen molar-refractivity contribution < 1.29 is 61.9 Å². The summed E-state index contributed by atoms with van der Waals surface area (Å²) in [7, 11) is 3.11. The van der Waals surface area contributed by atoms with Crippen molar-refractivity contribution in [2.75, 3.05) is 64.4 Å². The zero-order valence-electron chi connectivity index (χ0n) is 26.7. The van der Waals surface area contributed by atoms with Gasteiger partial charge in [0.05, 0.1) is 26.4 Å². The zero-order valence-corrected chi connectivity index (χ0v) is 28.4. The van der Waals surface area contributed by atoms with Gasteiger partial charge in [-0.25, -0.2) is 28.8 Å². The van der Waals surface area contributed by atoms with Crippen molar-refractivity contribution in [3.63, 3.8) is 0 Å². The van der Waals surface area contributed by atoms with Crippen LogP contribution in [0.25, 0.3) is 0 Å². The van der Waals surface area contributed by atoms with E-state index in [1.165, 1.54) is 0 Å². The molecule has 0 N–H and O–H groups in total. The zero-order chi connectivity index (χ0) is 36.0. The van der Waals surface area contributed by atoms with Crippen molar-refractivity contribution in [3.8, 4) is 0 Å². The predicted octanol–water partition coefficient (Wildman–Crippen LogP) is 4.29. The third-order valence-electron chi connectivity index (χ3n) is 4.38. The second-order valence-electron chi connectivity index (χ2n) is 7.90. The Balaban J connectivity index is -0.000000618. The molecule has 0 aliphatic rings. The fraction of sp³-hybridized carbons (Fsp3) is 0.438. The molecule has 13 nitrogen and oxygen atoms in total. The molecule has 0 spiro atoms. The molecule has 0 saturated heterocycles. The molecule has 0 heterocycles. The van der Waals surface area contributed by atoms with Crippen molar-refractivity contribution >= 4 is 57.4 Å². The summed E-state index contributed by atoms with van der Waals surface area (Å²) in [5.41, 5.74) is 0. The van der Waals surface area contributed by atoms with E-state index in [4.69, 9.17) is 23.7 Å². The number of rotatable bonds is 26. The van der Waals surface area contributed by atoms with Gasteiger partial charge in [-0.05, 0) is 25.7 Å². The first-order valence-electron chi connectivity index (χ1n) is 14.2. The summed E-state index contributed by atoms with van der Waals surface area (Å²) in [5.74, 6) is -1.19. The lowest BCUT2D eigenvalue weighted by Crippen LogP contribution is -2.12. The summed E-state index contributed by atoms with van der Waals surface area (Å²) in [6, 6.07) is 0. The number of esters is 6. The Bertz CT molecular complexity index is 852. The average Bonchev–Trinajstić information content (AvgIpc) is 3.09. The number of ether oxygens (including phenoxy) is 7. The smallest absolute Gasteiger partial charge is 0.330 e. The summed E-state index contributed by atoms with van der Waals surface area (Å²) in [4.78, 5) is 63.7. The first-order valence-corrected chi connectivity index (χ1v) is 16.7. The molecule has 0 atom stereocenters. The van der Waals surface area contributed by atoms with Gasteiger partial charge in [-0.1, -0.05) is 61.1 Å². The maximum atomic E-state index is 10.6. The highest BCUT2D eigenvalue weighted by Crippen LogP contribution is 2.20. The number of carbonyl (C=O) groups is 6. The van der Waals surface area contributed by atoms with Gasteiger partial charge in [-0.2, -0.15) is 0 Å². The molecule has 0 aromatic rings. The summed E-state index contributed by atoms with van der Waals surface area (Å²) in [6.07, 6.45) is 10.2. The van der Waals surface area contributed by atoms with Crippen LogP contribution in [-0.2, 0) is 61.9 Å². The molecule has 47 heavy (non-hydrogen) atoms. The standard InChI is InChI=1S/C12H18O4.C10H14O5.C10H14O4S2/c1-3-11(13)15-9-7-5-6-8-10-16-12(14)4-2;1-3-9(11)14-7-5-13-6-8-15-10(12)4-2;1-3-9(11)13-5-7-15-16-8-6-14-10(12)4-2/h3-4H,1-2,5-10H2;3-4H,1-2,5-8H2;3-4H,1-2,5-8H2. The Morgan fingerprint density at radius 3 is 0.894 bits per heavy atom. The minimum Gasteiger partial charge on any atom is -0.463 e. The van der Waals surface area contributed by atoms with Crippen LogP contribution < -0.4 is 0 Å². The quantitative estimate of drug-likeness (QED) is 0.0411. The SMILES string of the molecule is C=CC(=O)OCCCCCCOC(=O)C=C.C=CC(=O)OCCOCCOC(=O)C=C.C=CC(=O)OCCSSCCOC(=O)C=C. The summed E-state index contributed by atoms with van der Waals surface area (Å²) in [6.45, 7) is 22.0. The Labute approximate surface area is 284 Å². The van der Waals surface area contributed by atoms with Crippen LogP contribution >= 0.6 is 21.6 Å². The highest BCUT2D eigenvalue weighted by atomic mass is 33.1. The van der Waals surface area contributed by atoms with E-state index in [0.29, 0.717) is 37.9 Å². The van der Waals surface area contributed by atoms with Crippen LogP contribution in [0, 0.1) is 0 Å². The van der Waals surface area contributed by atoms with Gasteiger partial charge in [0.25, 0.3) is 0 Å². The Morgan fingerprint density at radius 2 is 0.617 bits per heavy atom. The maximum absolute atomic E-state index is 10.6. The minimum absolute atomic E-state index is 0.153. The molecular formula is C32H46O13S2. The Kier molecular flexibility index (Phi) is 38.4. The first kappa shape index (κ1) is 47.3. The Morgan fingerprint density at radius 1 is 0.362 bits per heavy atom. The normalized spacial score (nSPS) is 9.19. The molecule has 0 rings (SSSR count). The second-order valence-corrected chi connectivity index (χ2v) is 10.6. The van der Waals surface area contributed by atoms with Crippen LogP contribution in [0.3, 0.4) is 0 Å². The van der Waals surface area contributed by atoms with Crippen LogP contribution in [0.5, 0.6) is 0 Å². The number of hydrogen-bond acceptors (Lipinski definition) is 15. The molecule has 0 aliphatic carbocycles. The van der Waals surface area contributed by atoms with Gasteiger partial charge < -0.3 is 33.2 Å². The van der Waals surface area contributed by atoms with E-state index in [2.05, 4.69) is 48.9 Å². The van der Waals surface area contributed by atoms with Gasteiger partial charge in [0, 0.05) is 48.0 Å². The molecule has 0 saturated carbocycles. The second kappa shape index (κ2) is 38.1. The minimum atomic E-state index is -0.489. The van der Waals surface area contributed by atoms with E-state index < -0.39 is 23.9 Å². The largest absolute Gasteiger partial charge is 0.463 e. The molecule has 0 unspecified atom stereocenters. The van der Waals surface area contributed by atoms with Crippen LogP contribution in [-0.4, -0.2) is 100 Å². The topological polar surface area (TPSA) is 167 Å². The van der Waals surface area contributed by atoms with Gasteiger partial charge >= 0.3 is 35.8 Å². The molecular weight excluding hydrogens is 656 g/mol. The lowest BCUT2D eigenvalue weighted by Gasteiger charge is -2.04. The van der Waals surface area contributed by atoms with Gasteiger partial charge in [-0.3, -0.25) is 0 Å². The molecule has 264 valence electrons. The van der Waals surface area contributed by atoms with Crippen molar-refractivity contribution in [2.24, 2.45) is 0 Å². The van der Waals surface area contributed by atoms with Crippen molar-refractivity contribution in [1.82, 2.24) is 0 Å². The van der Waals surface area contributed by atoms with E-state index in [1.54, 1.807) is 21.6 Å². The molecule has 0 radical (unpaired) electrons. The van der Waals surface area contributed by atoms with E-state index in [-0.39, 0.29) is 38.4 Å². The molecule has 0 aromatic carbocycles. The van der Waals surface area contributed by atoms with Crippen LogP contribution in [0.1, 0.15) is 25.7 Å². The third-order valence-corrected chi connectivity index (χ3v) is 6.71. The summed E-state index contributed by atoms with van der Waals surface area (Å²) in [5, 5.41) is 0. The molecule has 0 aliphatic heterocycles. The summed E-state index contributed by atoms with van der Waals surface area (Å²) >= 11 is 0. The fourth-order valence-corrected chi connectivity index (χ4v) is 3.89. The van der Waals surface area contributed by atoms with Crippen molar-refractivity contribution in [2.45, 2.75) is 25.7 Å². The third kappa shape index (κ3) is 41.9. The van der Waals surface area contributed by atoms with Gasteiger partial charge in [0.2, 0.25) is 0 Å². The maximum Gasteiger partial charge on any atom is 0.330 e. The van der Waals surface area contributed by atoms with Gasteiger partial charge in [0.15, 0.2) is 0 Å². The van der Waals surface area contributed by atoms with Gasteiger partial charge in [-0.15, -0.1) is 0 Å². The number of hydrogen-bond donors (Lipinski definition) is 0. The lowest BCUT2D eigenvalue weighted by atomic mass is 10.2. The predicted molar refractivity (Wildman–Crippen MR) is 181 cm³/mol. The van der Waals surface area contributed by atoms with Crippen LogP contribution in [0.15, 0.2) is 75.9 Å². The van der Waals surface area contributed by atoms with Crippen LogP contribution in [0.4, 0.5) is 0 Å². The lowest BCUT2D eigenvalue weighted by molar-refractivity contribution is -0.141. The molecule has 0 aromatic heterocycles. The van der Waals surface area contributed by atoms with Gasteiger partial charge in [0.1, 0.15) is 26.4 Å². The molecule has 0 amide bonds. The number of carbonyl (C=O) groups excluding carboxylic acids is 6. The monoisotopic (exact) mass is 702 g/mol. The molecule has 15 heteroatoms. The van der Waals surface area contributed by atoms with Crippen molar-refractivity contribution in [1.29, 1.82) is 0 Å². The highest BCUT2D eigenvalue weighted by Gasteiger charge is 1.99. The highest BCUT2D eigenvalue weighted by molar-refractivity contribution is 8.76. The molecule has 0 bridgehead atoms. The fourth-order valence-electron chi connectivity index (χ4n) is 2.23. The van der Waals surface area contributed by atoms with E-state index >= 15 is 0 Å². The number of unbranched alkanes of at least 4 members (excludes halogenated alkanes) is 3. The summed E-state index contributed by atoms with van der Waals surface area (Å²) < 4.78 is 33.4. The van der Waals surface area contributed by atoms with E-state index in [1.807, 2.05) is 0 Å². The van der Waals surface area contributed by atoms with E-state index in [0.717, 1.165) is 62.1 Å². The Hall–Kier alpha value is -4.08. The first-order chi connectivity index (χ1) is 22.6. The van der Waals surface area contributed by atoms with Crippen LogP contribution in [0.2, 0.25) is 0 Å². The van der Waals surface area contributed by atoms with E-state index in [9.17, 15) is 28.8 Å².